The second kappa shape index (κ2) is 6.94. The third-order valence-electron chi connectivity index (χ3n) is 3.71. The molecule has 4 nitrogen and oxygen atoms in total. The first kappa shape index (κ1) is 15.1. The average Bonchev–Trinajstić information content (AvgIpc) is 2.61. The molecule has 4 N–H and O–H groups in total. The molecule has 0 bridgehead atoms. The number of ether oxygens (including phenoxy) is 1. The van der Waals surface area contributed by atoms with Crippen LogP contribution in [0.1, 0.15) is 16.7 Å². The molecule has 0 saturated carbocycles. The van der Waals surface area contributed by atoms with Crippen LogP contribution in [-0.4, -0.2) is 5.84 Å². The standard InChI is InChI=1S/C19H19N3O/c20-19(22-21)18-7-3-4-14(11-18)12-23-13-15-8-9-16-5-1-2-6-17(16)10-15/h1-11H,12-13,21H2,(H2,20,22). The van der Waals surface area contributed by atoms with Crippen molar-refractivity contribution in [3.63, 3.8) is 0 Å². The fourth-order valence-corrected chi connectivity index (χ4v) is 2.51. The summed E-state index contributed by atoms with van der Waals surface area (Å²) in [6.07, 6.45) is 0. The molecule has 0 aliphatic rings. The topological polar surface area (TPSA) is 73.6 Å². The number of hydrazone groups is 1. The zero-order valence-electron chi connectivity index (χ0n) is 12.8. The molecule has 0 unspecified atom stereocenters. The van der Waals surface area contributed by atoms with Gasteiger partial charge in [-0.05, 0) is 34.0 Å². The van der Waals surface area contributed by atoms with Crippen molar-refractivity contribution in [2.24, 2.45) is 16.7 Å². The predicted molar refractivity (Wildman–Crippen MR) is 93.8 cm³/mol. The monoisotopic (exact) mass is 305 g/mol. The number of rotatable bonds is 5. The molecule has 0 amide bonds. The van der Waals surface area contributed by atoms with Gasteiger partial charge in [0.2, 0.25) is 0 Å². The Bertz CT molecular complexity index is 843. The quantitative estimate of drug-likeness (QED) is 0.329. The second-order valence-electron chi connectivity index (χ2n) is 5.39. The highest BCUT2D eigenvalue weighted by Crippen LogP contribution is 2.16. The van der Waals surface area contributed by atoms with Crippen molar-refractivity contribution in [1.29, 1.82) is 0 Å². The molecule has 0 saturated heterocycles. The molecule has 0 spiro atoms. The Morgan fingerprint density at radius 1 is 0.826 bits per heavy atom. The summed E-state index contributed by atoms with van der Waals surface area (Å²) < 4.78 is 5.81. The lowest BCUT2D eigenvalue weighted by molar-refractivity contribution is 0.107. The van der Waals surface area contributed by atoms with E-state index in [1.807, 2.05) is 36.4 Å². The lowest BCUT2D eigenvalue weighted by Gasteiger charge is -2.07. The molecule has 0 fully saturated rings. The van der Waals surface area contributed by atoms with Crippen molar-refractivity contribution in [1.82, 2.24) is 0 Å². The van der Waals surface area contributed by atoms with Gasteiger partial charge in [-0.1, -0.05) is 54.6 Å². The Hall–Kier alpha value is -2.85. The molecule has 0 atom stereocenters. The van der Waals surface area contributed by atoms with Crippen molar-refractivity contribution >= 4 is 16.6 Å². The minimum Gasteiger partial charge on any atom is -0.382 e. The van der Waals surface area contributed by atoms with E-state index in [9.17, 15) is 0 Å². The van der Waals surface area contributed by atoms with Crippen LogP contribution in [0.2, 0.25) is 0 Å². The van der Waals surface area contributed by atoms with Gasteiger partial charge in [0.1, 0.15) is 5.84 Å². The summed E-state index contributed by atoms with van der Waals surface area (Å²) in [7, 11) is 0. The molecule has 0 aliphatic heterocycles. The maximum absolute atomic E-state index is 5.81. The molecule has 0 heterocycles. The van der Waals surface area contributed by atoms with Crippen molar-refractivity contribution in [2.75, 3.05) is 0 Å². The highest BCUT2D eigenvalue weighted by atomic mass is 16.5. The normalized spacial score (nSPS) is 11.7. The maximum atomic E-state index is 5.81. The summed E-state index contributed by atoms with van der Waals surface area (Å²) in [5.41, 5.74) is 8.72. The second-order valence-corrected chi connectivity index (χ2v) is 5.39. The minimum atomic E-state index is 0.321. The van der Waals surface area contributed by atoms with Gasteiger partial charge in [-0.2, -0.15) is 5.10 Å². The van der Waals surface area contributed by atoms with Gasteiger partial charge in [0.05, 0.1) is 13.2 Å². The third kappa shape index (κ3) is 3.67. The number of hydrogen-bond acceptors (Lipinski definition) is 3. The molecule has 23 heavy (non-hydrogen) atoms. The Kier molecular flexibility index (Phi) is 4.54. The lowest BCUT2D eigenvalue weighted by atomic mass is 10.1. The Labute approximate surface area is 135 Å². The zero-order valence-corrected chi connectivity index (χ0v) is 12.8. The molecular weight excluding hydrogens is 286 g/mol. The van der Waals surface area contributed by atoms with Crippen LogP contribution in [0.25, 0.3) is 10.8 Å². The Morgan fingerprint density at radius 3 is 2.35 bits per heavy atom. The van der Waals surface area contributed by atoms with E-state index in [1.54, 1.807) is 0 Å². The van der Waals surface area contributed by atoms with Crippen molar-refractivity contribution in [3.8, 4) is 0 Å². The SMILES string of the molecule is N/N=C(\N)c1cccc(COCc2ccc3ccccc3c2)c1. The predicted octanol–water partition coefficient (Wildman–Crippen LogP) is 3.14. The van der Waals surface area contributed by atoms with Crippen LogP contribution >= 0.6 is 0 Å². The number of nitrogens with two attached hydrogens (primary N) is 2. The van der Waals surface area contributed by atoms with Gasteiger partial charge >= 0.3 is 0 Å². The highest BCUT2D eigenvalue weighted by Gasteiger charge is 2.01. The molecule has 3 aromatic rings. The van der Waals surface area contributed by atoms with E-state index in [1.165, 1.54) is 10.8 Å². The third-order valence-corrected chi connectivity index (χ3v) is 3.71. The van der Waals surface area contributed by atoms with Crippen LogP contribution in [0, 0.1) is 0 Å². The minimum absolute atomic E-state index is 0.321. The molecular formula is C19H19N3O. The van der Waals surface area contributed by atoms with E-state index in [2.05, 4.69) is 35.4 Å². The Balaban J connectivity index is 1.64. The van der Waals surface area contributed by atoms with Crippen LogP contribution in [0.3, 0.4) is 0 Å². The summed E-state index contributed by atoms with van der Waals surface area (Å²) in [4.78, 5) is 0. The number of nitrogens with zero attached hydrogens (tertiary/aromatic N) is 1. The summed E-state index contributed by atoms with van der Waals surface area (Å²) >= 11 is 0. The molecule has 0 aromatic heterocycles. The van der Waals surface area contributed by atoms with Gasteiger partial charge in [-0.25, -0.2) is 0 Å². The fourth-order valence-electron chi connectivity index (χ4n) is 2.51. The van der Waals surface area contributed by atoms with Gasteiger partial charge in [-0.3, -0.25) is 0 Å². The lowest BCUT2D eigenvalue weighted by Crippen LogP contribution is -2.15. The van der Waals surface area contributed by atoms with Crippen LogP contribution in [0.15, 0.2) is 71.8 Å². The van der Waals surface area contributed by atoms with Crippen molar-refractivity contribution in [3.05, 3.63) is 83.4 Å². The van der Waals surface area contributed by atoms with Gasteiger partial charge in [0, 0.05) is 5.56 Å². The van der Waals surface area contributed by atoms with Crippen LogP contribution in [0.4, 0.5) is 0 Å². The fraction of sp³-hybridized carbons (Fsp3) is 0.105. The summed E-state index contributed by atoms with van der Waals surface area (Å²) in [5, 5.41) is 5.97. The molecule has 0 aliphatic carbocycles. The molecule has 3 aromatic carbocycles. The highest BCUT2D eigenvalue weighted by molar-refractivity contribution is 5.97. The van der Waals surface area contributed by atoms with E-state index in [-0.39, 0.29) is 0 Å². The van der Waals surface area contributed by atoms with Crippen LogP contribution in [0.5, 0.6) is 0 Å². The van der Waals surface area contributed by atoms with Gasteiger partial charge in [0.25, 0.3) is 0 Å². The molecule has 116 valence electrons. The van der Waals surface area contributed by atoms with Crippen LogP contribution < -0.4 is 11.6 Å². The van der Waals surface area contributed by atoms with E-state index in [0.717, 1.165) is 16.7 Å². The first-order chi connectivity index (χ1) is 11.3. The molecule has 4 heteroatoms. The number of fused-ring (bicyclic) bond motifs is 1. The summed E-state index contributed by atoms with van der Waals surface area (Å²) in [6, 6.07) is 22.4. The van der Waals surface area contributed by atoms with E-state index < -0.39 is 0 Å². The van der Waals surface area contributed by atoms with E-state index in [4.69, 9.17) is 16.3 Å². The average molecular weight is 305 g/mol. The van der Waals surface area contributed by atoms with E-state index >= 15 is 0 Å². The maximum Gasteiger partial charge on any atom is 0.150 e. The smallest absolute Gasteiger partial charge is 0.150 e. The van der Waals surface area contributed by atoms with Gasteiger partial charge in [-0.15, -0.1) is 0 Å². The van der Waals surface area contributed by atoms with Gasteiger partial charge in [0.15, 0.2) is 0 Å². The summed E-state index contributed by atoms with van der Waals surface area (Å²) in [5.74, 6) is 5.53. The first-order valence-electron chi connectivity index (χ1n) is 7.44. The van der Waals surface area contributed by atoms with Crippen molar-refractivity contribution < 1.29 is 4.74 Å². The Morgan fingerprint density at radius 2 is 1.57 bits per heavy atom. The first-order valence-corrected chi connectivity index (χ1v) is 7.44. The summed E-state index contributed by atoms with van der Waals surface area (Å²) in [6.45, 7) is 1.08. The largest absolute Gasteiger partial charge is 0.382 e. The van der Waals surface area contributed by atoms with Crippen LogP contribution in [-0.2, 0) is 18.0 Å². The van der Waals surface area contributed by atoms with Gasteiger partial charge < -0.3 is 16.3 Å². The number of hydrogen-bond donors (Lipinski definition) is 2. The zero-order chi connectivity index (χ0) is 16.1. The number of amidine groups is 1. The number of benzene rings is 3. The molecule has 0 radical (unpaired) electrons. The van der Waals surface area contributed by atoms with Crippen molar-refractivity contribution in [2.45, 2.75) is 13.2 Å². The molecule has 3 rings (SSSR count). The van der Waals surface area contributed by atoms with E-state index in [0.29, 0.717) is 19.0 Å².